The van der Waals surface area contributed by atoms with E-state index in [0.717, 1.165) is 34.0 Å². The van der Waals surface area contributed by atoms with E-state index in [4.69, 9.17) is 4.74 Å². The highest BCUT2D eigenvalue weighted by atomic mass is 16.5. The van der Waals surface area contributed by atoms with Gasteiger partial charge in [0.1, 0.15) is 17.6 Å². The first kappa shape index (κ1) is 18.2. The number of nitrogens with one attached hydrogen (secondary N) is 1. The van der Waals surface area contributed by atoms with Crippen molar-refractivity contribution in [3.05, 3.63) is 48.0 Å². The second kappa shape index (κ2) is 7.44. The SMILES string of the molecule is CCC(=O)c1cc(C)c(-c2cc3cnc(NC(=O)[C@H]4CCO4)cc3cn2)cn1. The van der Waals surface area contributed by atoms with Crippen LogP contribution >= 0.6 is 0 Å². The summed E-state index contributed by atoms with van der Waals surface area (Å²) in [5, 5.41) is 4.54. The van der Waals surface area contributed by atoms with Crippen molar-refractivity contribution in [2.45, 2.75) is 32.8 Å². The summed E-state index contributed by atoms with van der Waals surface area (Å²) in [5.74, 6) is 0.320. The lowest BCUT2D eigenvalue weighted by atomic mass is 10.0. The van der Waals surface area contributed by atoms with Crippen molar-refractivity contribution < 1.29 is 14.3 Å². The first-order chi connectivity index (χ1) is 13.5. The molecule has 0 unspecified atom stereocenters. The van der Waals surface area contributed by atoms with Crippen LogP contribution in [0.15, 0.2) is 36.8 Å². The molecule has 1 amide bonds. The van der Waals surface area contributed by atoms with E-state index in [1.807, 2.05) is 19.9 Å². The van der Waals surface area contributed by atoms with Crippen LogP contribution in [0.2, 0.25) is 0 Å². The zero-order valence-electron chi connectivity index (χ0n) is 15.7. The maximum atomic E-state index is 12.0. The molecule has 1 aliphatic heterocycles. The van der Waals surface area contributed by atoms with E-state index < -0.39 is 0 Å². The molecule has 1 saturated heterocycles. The van der Waals surface area contributed by atoms with Gasteiger partial charge in [-0.25, -0.2) is 4.98 Å². The molecule has 0 bridgehead atoms. The Labute approximate surface area is 162 Å². The van der Waals surface area contributed by atoms with Gasteiger partial charge < -0.3 is 10.1 Å². The molecule has 1 fully saturated rings. The monoisotopic (exact) mass is 376 g/mol. The highest BCUT2D eigenvalue weighted by Crippen LogP contribution is 2.26. The van der Waals surface area contributed by atoms with Crippen LogP contribution in [0.25, 0.3) is 22.0 Å². The first-order valence-electron chi connectivity index (χ1n) is 9.23. The number of nitrogens with zero attached hydrogens (tertiary/aromatic N) is 3. The third-order valence-corrected chi connectivity index (χ3v) is 4.84. The maximum Gasteiger partial charge on any atom is 0.254 e. The second-order valence-electron chi connectivity index (χ2n) is 6.78. The van der Waals surface area contributed by atoms with Gasteiger partial charge in [0.25, 0.3) is 5.91 Å². The molecule has 0 radical (unpaired) electrons. The van der Waals surface area contributed by atoms with Gasteiger partial charge in [0.05, 0.1) is 12.3 Å². The molecule has 7 nitrogen and oxygen atoms in total. The van der Waals surface area contributed by atoms with Crippen molar-refractivity contribution in [3.63, 3.8) is 0 Å². The van der Waals surface area contributed by atoms with Crippen molar-refractivity contribution in [2.75, 3.05) is 11.9 Å². The number of aryl methyl sites for hydroxylation is 1. The largest absolute Gasteiger partial charge is 0.368 e. The minimum atomic E-state index is -0.379. The van der Waals surface area contributed by atoms with Crippen molar-refractivity contribution in [1.82, 2.24) is 15.0 Å². The summed E-state index contributed by atoms with van der Waals surface area (Å²) >= 11 is 0. The second-order valence-corrected chi connectivity index (χ2v) is 6.78. The van der Waals surface area contributed by atoms with Crippen LogP contribution in [0, 0.1) is 6.92 Å². The van der Waals surface area contributed by atoms with Gasteiger partial charge in [-0.2, -0.15) is 0 Å². The van der Waals surface area contributed by atoms with Crippen molar-refractivity contribution >= 4 is 28.3 Å². The van der Waals surface area contributed by atoms with Crippen LogP contribution < -0.4 is 5.32 Å². The Kier molecular flexibility index (Phi) is 4.83. The Bertz CT molecular complexity index is 1080. The van der Waals surface area contributed by atoms with E-state index in [1.165, 1.54) is 0 Å². The molecule has 4 heterocycles. The van der Waals surface area contributed by atoms with E-state index in [-0.39, 0.29) is 17.8 Å². The van der Waals surface area contributed by atoms with Crippen LogP contribution in [0.5, 0.6) is 0 Å². The Hall–Kier alpha value is -3.19. The van der Waals surface area contributed by atoms with Gasteiger partial charge in [0.15, 0.2) is 5.78 Å². The Morgan fingerprint density at radius 3 is 2.54 bits per heavy atom. The summed E-state index contributed by atoms with van der Waals surface area (Å²) in [6.07, 6.45) is 5.92. The molecule has 0 aromatic carbocycles. The third-order valence-electron chi connectivity index (χ3n) is 4.84. The third kappa shape index (κ3) is 3.48. The number of hydrogen-bond acceptors (Lipinski definition) is 6. The maximum absolute atomic E-state index is 12.0. The number of carbonyl (C=O) groups is 2. The average molecular weight is 376 g/mol. The topological polar surface area (TPSA) is 94.1 Å². The molecular weight excluding hydrogens is 356 g/mol. The summed E-state index contributed by atoms with van der Waals surface area (Å²) in [7, 11) is 0. The van der Waals surface area contributed by atoms with Crippen molar-refractivity contribution in [3.8, 4) is 11.3 Å². The van der Waals surface area contributed by atoms with Gasteiger partial charge in [0.2, 0.25) is 0 Å². The van der Waals surface area contributed by atoms with Crippen molar-refractivity contribution in [2.24, 2.45) is 0 Å². The van der Waals surface area contributed by atoms with Gasteiger partial charge in [0, 0.05) is 47.8 Å². The number of pyridine rings is 3. The van der Waals surface area contributed by atoms with E-state index in [2.05, 4.69) is 20.3 Å². The summed E-state index contributed by atoms with van der Waals surface area (Å²) in [6.45, 7) is 4.38. The number of fused-ring (bicyclic) bond motifs is 1. The highest BCUT2D eigenvalue weighted by Gasteiger charge is 2.26. The smallest absolute Gasteiger partial charge is 0.254 e. The van der Waals surface area contributed by atoms with Gasteiger partial charge in [-0.3, -0.25) is 19.6 Å². The molecule has 3 aromatic heterocycles. The lowest BCUT2D eigenvalue weighted by Gasteiger charge is -2.24. The number of aromatic nitrogens is 3. The predicted molar refractivity (Wildman–Crippen MR) is 105 cm³/mol. The van der Waals surface area contributed by atoms with Gasteiger partial charge in [-0.1, -0.05) is 6.92 Å². The molecule has 0 aliphatic carbocycles. The lowest BCUT2D eigenvalue weighted by molar-refractivity contribution is -0.139. The number of carbonyl (C=O) groups excluding carboxylic acids is 2. The Balaban J connectivity index is 1.60. The molecule has 0 saturated carbocycles. The van der Waals surface area contributed by atoms with E-state index in [1.54, 1.807) is 30.7 Å². The van der Waals surface area contributed by atoms with Crippen LogP contribution in [0.3, 0.4) is 0 Å². The number of anilines is 1. The number of rotatable bonds is 5. The average Bonchev–Trinajstić information content (AvgIpc) is 2.65. The molecular formula is C21H20N4O3. The highest BCUT2D eigenvalue weighted by molar-refractivity contribution is 5.96. The summed E-state index contributed by atoms with van der Waals surface area (Å²) in [4.78, 5) is 36.9. The zero-order chi connectivity index (χ0) is 19.7. The quantitative estimate of drug-likeness (QED) is 0.687. The number of ether oxygens (including phenoxy) is 1. The first-order valence-corrected chi connectivity index (χ1v) is 9.23. The Morgan fingerprint density at radius 2 is 1.86 bits per heavy atom. The molecule has 142 valence electrons. The predicted octanol–water partition coefficient (Wildman–Crippen LogP) is 3.32. The summed E-state index contributed by atoms with van der Waals surface area (Å²) < 4.78 is 5.18. The zero-order valence-corrected chi connectivity index (χ0v) is 15.7. The van der Waals surface area contributed by atoms with Crippen molar-refractivity contribution in [1.29, 1.82) is 0 Å². The van der Waals surface area contributed by atoms with Crippen LogP contribution in [0.4, 0.5) is 5.82 Å². The van der Waals surface area contributed by atoms with E-state index in [0.29, 0.717) is 24.5 Å². The van der Waals surface area contributed by atoms with Gasteiger partial charge in [-0.05, 0) is 30.7 Å². The fourth-order valence-electron chi connectivity index (χ4n) is 3.06. The summed E-state index contributed by atoms with van der Waals surface area (Å²) in [5.41, 5.74) is 3.04. The lowest BCUT2D eigenvalue weighted by Crippen LogP contribution is -2.39. The minimum absolute atomic E-state index is 0.0206. The molecule has 1 N–H and O–H groups in total. The molecule has 7 heteroatoms. The number of Topliss-reactive ketones (excluding diaryl/α,β-unsaturated/α-hetero) is 1. The van der Waals surface area contributed by atoms with Crippen LogP contribution in [-0.2, 0) is 9.53 Å². The normalized spacial score (nSPS) is 15.9. The molecule has 28 heavy (non-hydrogen) atoms. The number of hydrogen-bond donors (Lipinski definition) is 1. The summed E-state index contributed by atoms with van der Waals surface area (Å²) in [6, 6.07) is 5.51. The Morgan fingerprint density at radius 1 is 1.11 bits per heavy atom. The van der Waals surface area contributed by atoms with Crippen LogP contribution in [0.1, 0.15) is 35.8 Å². The van der Waals surface area contributed by atoms with E-state index in [9.17, 15) is 9.59 Å². The standard InChI is InChI=1S/C21H20N4O3/c1-3-18(26)17-6-12(2)15(11-23-17)16-7-13-10-24-20(8-14(13)9-22-16)25-21(27)19-4-5-28-19/h6-11,19H,3-5H2,1-2H3,(H,24,25,27)/t19-/m1/s1. The molecule has 0 spiro atoms. The van der Waals surface area contributed by atoms with Crippen LogP contribution in [-0.4, -0.2) is 39.4 Å². The molecule has 3 aromatic rings. The van der Waals surface area contributed by atoms with E-state index >= 15 is 0 Å². The number of amides is 1. The fourth-order valence-corrected chi connectivity index (χ4v) is 3.06. The minimum Gasteiger partial charge on any atom is -0.368 e. The molecule has 1 aliphatic rings. The number of ketones is 1. The fraction of sp³-hybridized carbons (Fsp3) is 0.286. The van der Waals surface area contributed by atoms with Gasteiger partial charge in [-0.15, -0.1) is 0 Å². The molecule has 1 atom stereocenters. The van der Waals surface area contributed by atoms with Gasteiger partial charge >= 0.3 is 0 Å². The molecule has 4 rings (SSSR count).